The first-order chi connectivity index (χ1) is 6.16. The summed E-state index contributed by atoms with van der Waals surface area (Å²) in [5, 5.41) is 5.72. The standard InChI is InChI=1S/C10H16N2O/c1-3-6-11-7-9(13)12-8-10(2)4-5-10/h1,11H,4-8H2,2H3,(H,12,13). The van der Waals surface area contributed by atoms with E-state index in [0.717, 1.165) is 6.54 Å². The van der Waals surface area contributed by atoms with Gasteiger partial charge in [-0.2, -0.15) is 0 Å². The van der Waals surface area contributed by atoms with Gasteiger partial charge in [-0.05, 0) is 18.3 Å². The first-order valence-electron chi connectivity index (χ1n) is 4.57. The van der Waals surface area contributed by atoms with Crippen LogP contribution in [0.15, 0.2) is 0 Å². The van der Waals surface area contributed by atoms with Gasteiger partial charge in [0.1, 0.15) is 0 Å². The number of terminal acetylenes is 1. The van der Waals surface area contributed by atoms with Crippen LogP contribution in [-0.4, -0.2) is 25.5 Å². The van der Waals surface area contributed by atoms with Crippen molar-refractivity contribution in [3.63, 3.8) is 0 Å². The van der Waals surface area contributed by atoms with Gasteiger partial charge in [-0.3, -0.25) is 10.1 Å². The molecule has 0 atom stereocenters. The van der Waals surface area contributed by atoms with Gasteiger partial charge in [0.05, 0.1) is 13.1 Å². The topological polar surface area (TPSA) is 41.1 Å². The summed E-state index contributed by atoms with van der Waals surface area (Å²) in [7, 11) is 0. The maximum absolute atomic E-state index is 11.2. The van der Waals surface area contributed by atoms with Crippen molar-refractivity contribution >= 4 is 5.91 Å². The van der Waals surface area contributed by atoms with Crippen LogP contribution in [0.2, 0.25) is 0 Å². The molecule has 0 spiro atoms. The highest BCUT2D eigenvalue weighted by Crippen LogP contribution is 2.43. The molecular formula is C10H16N2O. The molecule has 72 valence electrons. The Morgan fingerprint density at radius 3 is 2.85 bits per heavy atom. The van der Waals surface area contributed by atoms with Gasteiger partial charge in [-0.25, -0.2) is 0 Å². The zero-order valence-electron chi connectivity index (χ0n) is 8.02. The number of hydrogen-bond acceptors (Lipinski definition) is 2. The summed E-state index contributed by atoms with van der Waals surface area (Å²) < 4.78 is 0. The van der Waals surface area contributed by atoms with Crippen LogP contribution < -0.4 is 10.6 Å². The lowest BCUT2D eigenvalue weighted by atomic mass is 10.1. The molecule has 1 aliphatic carbocycles. The second-order valence-electron chi connectivity index (χ2n) is 3.90. The number of carbonyl (C=O) groups is 1. The Labute approximate surface area is 79.3 Å². The third-order valence-corrected chi connectivity index (χ3v) is 2.33. The van der Waals surface area contributed by atoms with Crippen molar-refractivity contribution in [1.82, 2.24) is 10.6 Å². The fraction of sp³-hybridized carbons (Fsp3) is 0.700. The summed E-state index contributed by atoms with van der Waals surface area (Å²) in [6.07, 6.45) is 7.48. The molecule has 0 radical (unpaired) electrons. The second kappa shape index (κ2) is 4.29. The quantitative estimate of drug-likeness (QED) is 0.466. The van der Waals surface area contributed by atoms with E-state index < -0.39 is 0 Å². The molecule has 13 heavy (non-hydrogen) atoms. The summed E-state index contributed by atoms with van der Waals surface area (Å²) >= 11 is 0. The minimum absolute atomic E-state index is 0.0309. The van der Waals surface area contributed by atoms with E-state index in [1.54, 1.807) is 0 Å². The van der Waals surface area contributed by atoms with E-state index in [0.29, 0.717) is 18.5 Å². The first kappa shape index (κ1) is 10.1. The molecule has 0 aromatic rings. The minimum Gasteiger partial charge on any atom is -0.354 e. The van der Waals surface area contributed by atoms with Crippen LogP contribution >= 0.6 is 0 Å². The Morgan fingerprint density at radius 2 is 2.31 bits per heavy atom. The van der Waals surface area contributed by atoms with Crippen LogP contribution in [-0.2, 0) is 4.79 Å². The molecule has 1 saturated carbocycles. The summed E-state index contributed by atoms with van der Waals surface area (Å²) in [6.45, 7) is 3.75. The van der Waals surface area contributed by atoms with E-state index in [-0.39, 0.29) is 5.91 Å². The average Bonchev–Trinajstić information content (AvgIpc) is 2.82. The van der Waals surface area contributed by atoms with Crippen LogP contribution in [0, 0.1) is 17.8 Å². The molecule has 1 fully saturated rings. The van der Waals surface area contributed by atoms with E-state index in [1.165, 1.54) is 12.8 Å². The number of carbonyl (C=O) groups excluding carboxylic acids is 1. The van der Waals surface area contributed by atoms with Crippen LogP contribution in [0.1, 0.15) is 19.8 Å². The van der Waals surface area contributed by atoms with E-state index in [1.807, 2.05) is 0 Å². The lowest BCUT2D eigenvalue weighted by Gasteiger charge is -2.09. The monoisotopic (exact) mass is 180 g/mol. The Bertz CT molecular complexity index is 226. The summed E-state index contributed by atoms with van der Waals surface area (Å²) in [6, 6.07) is 0. The molecule has 0 aromatic heterocycles. The van der Waals surface area contributed by atoms with Gasteiger partial charge in [0.25, 0.3) is 0 Å². The van der Waals surface area contributed by atoms with Gasteiger partial charge in [0.2, 0.25) is 5.91 Å². The Hall–Kier alpha value is -1.01. The maximum Gasteiger partial charge on any atom is 0.234 e. The molecule has 2 N–H and O–H groups in total. The molecule has 0 aliphatic heterocycles. The molecule has 0 bridgehead atoms. The molecule has 0 aromatic carbocycles. The zero-order valence-corrected chi connectivity index (χ0v) is 8.02. The van der Waals surface area contributed by atoms with Gasteiger partial charge in [0, 0.05) is 6.54 Å². The Morgan fingerprint density at radius 1 is 1.62 bits per heavy atom. The highest BCUT2D eigenvalue weighted by molar-refractivity contribution is 5.78. The van der Waals surface area contributed by atoms with Gasteiger partial charge < -0.3 is 5.32 Å². The predicted molar refractivity (Wildman–Crippen MR) is 52.1 cm³/mol. The number of hydrogen-bond donors (Lipinski definition) is 2. The van der Waals surface area contributed by atoms with Gasteiger partial charge in [-0.15, -0.1) is 6.42 Å². The number of nitrogens with one attached hydrogen (secondary N) is 2. The lowest BCUT2D eigenvalue weighted by Crippen LogP contribution is -2.36. The molecule has 1 amide bonds. The molecule has 3 heteroatoms. The summed E-state index contributed by atoms with van der Waals surface area (Å²) in [5.74, 6) is 2.45. The minimum atomic E-state index is 0.0309. The van der Waals surface area contributed by atoms with E-state index in [2.05, 4.69) is 23.5 Å². The van der Waals surface area contributed by atoms with Crippen molar-refractivity contribution in [3.8, 4) is 12.3 Å². The molecular weight excluding hydrogens is 164 g/mol. The summed E-state index contributed by atoms with van der Waals surface area (Å²) in [5.41, 5.74) is 0.377. The van der Waals surface area contributed by atoms with Crippen LogP contribution in [0.5, 0.6) is 0 Å². The van der Waals surface area contributed by atoms with Crippen molar-refractivity contribution in [2.45, 2.75) is 19.8 Å². The van der Waals surface area contributed by atoms with Crippen LogP contribution in [0.4, 0.5) is 0 Å². The third kappa shape index (κ3) is 3.95. The highest BCUT2D eigenvalue weighted by atomic mass is 16.1. The van der Waals surface area contributed by atoms with Crippen molar-refractivity contribution in [2.24, 2.45) is 5.41 Å². The lowest BCUT2D eigenvalue weighted by molar-refractivity contribution is -0.120. The molecule has 3 nitrogen and oxygen atoms in total. The Kier molecular flexibility index (Phi) is 3.32. The van der Waals surface area contributed by atoms with E-state index >= 15 is 0 Å². The normalized spacial score (nSPS) is 17.5. The predicted octanol–water partition coefficient (Wildman–Crippen LogP) is 0.125. The molecule has 1 aliphatic rings. The molecule has 0 saturated heterocycles. The van der Waals surface area contributed by atoms with Crippen LogP contribution in [0.25, 0.3) is 0 Å². The van der Waals surface area contributed by atoms with Gasteiger partial charge in [0.15, 0.2) is 0 Å². The second-order valence-corrected chi connectivity index (χ2v) is 3.90. The van der Waals surface area contributed by atoms with Crippen molar-refractivity contribution in [2.75, 3.05) is 19.6 Å². The van der Waals surface area contributed by atoms with E-state index in [9.17, 15) is 4.79 Å². The fourth-order valence-electron chi connectivity index (χ4n) is 1.01. The maximum atomic E-state index is 11.2. The SMILES string of the molecule is C#CCNCC(=O)NCC1(C)CC1. The fourth-order valence-corrected chi connectivity index (χ4v) is 1.01. The van der Waals surface area contributed by atoms with Gasteiger partial charge in [-0.1, -0.05) is 12.8 Å². The molecule has 1 rings (SSSR count). The van der Waals surface area contributed by atoms with Crippen molar-refractivity contribution in [3.05, 3.63) is 0 Å². The number of amides is 1. The Balaban J connectivity index is 2.01. The zero-order chi connectivity index (χ0) is 9.73. The van der Waals surface area contributed by atoms with Gasteiger partial charge >= 0.3 is 0 Å². The highest BCUT2D eigenvalue weighted by Gasteiger charge is 2.37. The third-order valence-electron chi connectivity index (χ3n) is 2.33. The molecule has 0 heterocycles. The van der Waals surface area contributed by atoms with Crippen LogP contribution in [0.3, 0.4) is 0 Å². The average molecular weight is 180 g/mol. The van der Waals surface area contributed by atoms with Crippen molar-refractivity contribution in [1.29, 1.82) is 0 Å². The number of rotatable bonds is 5. The summed E-state index contributed by atoms with van der Waals surface area (Å²) in [4.78, 5) is 11.2. The van der Waals surface area contributed by atoms with E-state index in [4.69, 9.17) is 6.42 Å². The first-order valence-corrected chi connectivity index (χ1v) is 4.57. The molecule has 0 unspecified atom stereocenters. The smallest absolute Gasteiger partial charge is 0.234 e. The largest absolute Gasteiger partial charge is 0.354 e. The van der Waals surface area contributed by atoms with Crippen molar-refractivity contribution < 1.29 is 4.79 Å².